The average Bonchev–Trinajstić information content (AvgIpc) is 3.30. The molecular weight excluding hydrogens is 439 g/mol. The number of hydrogen-bond donors (Lipinski definition) is 2. The van der Waals surface area contributed by atoms with Crippen molar-refractivity contribution in [2.45, 2.75) is 30.2 Å². The van der Waals surface area contributed by atoms with Gasteiger partial charge in [0.2, 0.25) is 0 Å². The van der Waals surface area contributed by atoms with Crippen LogP contribution >= 0.6 is 0 Å². The largest absolute Gasteiger partial charge is 0.494 e. The van der Waals surface area contributed by atoms with E-state index in [9.17, 15) is 12.8 Å². The number of anilines is 2. The molecule has 0 fully saturated rings. The number of allylic oxidation sites excluding steroid dienone is 2. The first-order valence-electron chi connectivity index (χ1n) is 11.0. The Morgan fingerprint density at radius 2 is 1.85 bits per heavy atom. The zero-order valence-corrected chi connectivity index (χ0v) is 19.0. The zero-order chi connectivity index (χ0) is 23.0. The molecule has 0 saturated heterocycles. The molecule has 7 heteroatoms. The maximum atomic E-state index is 14.5. The fourth-order valence-corrected chi connectivity index (χ4v) is 5.87. The van der Waals surface area contributed by atoms with E-state index in [1.165, 1.54) is 6.07 Å². The molecule has 0 unspecified atom stereocenters. The second-order valence-electron chi connectivity index (χ2n) is 8.31. The fraction of sp³-hybridized carbons (Fsp3) is 0.231. The Kier molecular flexibility index (Phi) is 5.58. The molecule has 0 bridgehead atoms. The lowest BCUT2D eigenvalue weighted by Crippen LogP contribution is -2.30. The SMILES string of the molecule is CCOc1ccc(NS(=O)(=O)c2ccc3c(c2)[C@H]2C=CC[C@H]2[C@@H](c2ccccc2F)N3)cc1. The molecule has 2 N–H and O–H groups in total. The van der Waals surface area contributed by atoms with Gasteiger partial charge in [0.15, 0.2) is 0 Å². The minimum absolute atomic E-state index is 0.0199. The van der Waals surface area contributed by atoms with E-state index in [0.29, 0.717) is 23.6 Å². The molecule has 5 rings (SSSR count). The van der Waals surface area contributed by atoms with Gasteiger partial charge in [-0.25, -0.2) is 12.8 Å². The van der Waals surface area contributed by atoms with Crippen LogP contribution in [-0.2, 0) is 10.0 Å². The molecule has 2 aliphatic rings. The summed E-state index contributed by atoms with van der Waals surface area (Å²) in [5.74, 6) is 0.588. The van der Waals surface area contributed by atoms with Crippen LogP contribution < -0.4 is 14.8 Å². The van der Waals surface area contributed by atoms with Gasteiger partial charge in [0.25, 0.3) is 10.0 Å². The summed E-state index contributed by atoms with van der Waals surface area (Å²) in [6, 6.07) is 18.5. The summed E-state index contributed by atoms with van der Waals surface area (Å²) in [6.45, 7) is 2.44. The normalized spacial score (nSPS) is 21.1. The van der Waals surface area contributed by atoms with E-state index in [4.69, 9.17) is 4.74 Å². The van der Waals surface area contributed by atoms with Crippen LogP contribution in [0.4, 0.5) is 15.8 Å². The monoisotopic (exact) mass is 464 g/mol. The molecule has 1 aliphatic heterocycles. The van der Waals surface area contributed by atoms with E-state index in [1.54, 1.807) is 48.5 Å². The smallest absolute Gasteiger partial charge is 0.261 e. The molecule has 3 aromatic rings. The second-order valence-corrected chi connectivity index (χ2v) is 9.99. The molecule has 33 heavy (non-hydrogen) atoms. The molecule has 5 nitrogen and oxygen atoms in total. The highest BCUT2D eigenvalue weighted by Gasteiger charge is 2.39. The lowest BCUT2D eigenvalue weighted by Gasteiger charge is -2.37. The Morgan fingerprint density at radius 1 is 1.06 bits per heavy atom. The van der Waals surface area contributed by atoms with Gasteiger partial charge in [0.05, 0.1) is 17.5 Å². The van der Waals surface area contributed by atoms with Crippen LogP contribution in [0.5, 0.6) is 5.75 Å². The highest BCUT2D eigenvalue weighted by atomic mass is 32.2. The third-order valence-electron chi connectivity index (χ3n) is 6.30. The standard InChI is InChI=1S/C26H25FN2O3S/c1-2-32-18-12-10-17(11-13-18)29-33(30,31)19-14-15-25-23(16-19)20-7-5-8-21(20)26(28-25)22-6-3-4-9-24(22)27/h3-7,9-16,20-21,26,28-29H,2,8H2,1H3/t20-,21+,26-/m0/s1. The van der Waals surface area contributed by atoms with Crippen molar-refractivity contribution in [1.82, 2.24) is 0 Å². The van der Waals surface area contributed by atoms with Crippen molar-refractivity contribution in [2.75, 3.05) is 16.6 Å². The van der Waals surface area contributed by atoms with Crippen LogP contribution in [0.15, 0.2) is 83.8 Å². The lowest BCUT2D eigenvalue weighted by atomic mass is 9.77. The van der Waals surface area contributed by atoms with Gasteiger partial charge < -0.3 is 10.1 Å². The number of nitrogens with one attached hydrogen (secondary N) is 2. The van der Waals surface area contributed by atoms with Crippen molar-refractivity contribution < 1.29 is 17.5 Å². The third kappa shape index (κ3) is 4.09. The van der Waals surface area contributed by atoms with Crippen LogP contribution in [0, 0.1) is 11.7 Å². The van der Waals surface area contributed by atoms with Crippen LogP contribution in [0.25, 0.3) is 0 Å². The van der Waals surface area contributed by atoms with Gasteiger partial charge in [-0.15, -0.1) is 0 Å². The highest BCUT2D eigenvalue weighted by molar-refractivity contribution is 7.92. The van der Waals surface area contributed by atoms with Gasteiger partial charge in [0.1, 0.15) is 11.6 Å². The van der Waals surface area contributed by atoms with Crippen LogP contribution in [0.3, 0.4) is 0 Å². The predicted molar refractivity (Wildman–Crippen MR) is 128 cm³/mol. The average molecular weight is 465 g/mol. The number of ether oxygens (including phenoxy) is 1. The van der Waals surface area contributed by atoms with E-state index in [0.717, 1.165) is 17.7 Å². The van der Waals surface area contributed by atoms with Crippen LogP contribution in [0.1, 0.15) is 36.4 Å². The molecule has 3 atom stereocenters. The predicted octanol–water partition coefficient (Wildman–Crippen LogP) is 5.85. The molecular formula is C26H25FN2O3S. The summed E-state index contributed by atoms with van der Waals surface area (Å²) in [6.07, 6.45) is 5.01. The first kappa shape index (κ1) is 21.5. The van der Waals surface area contributed by atoms with Crippen molar-refractivity contribution in [1.29, 1.82) is 0 Å². The summed E-state index contributed by atoms with van der Waals surface area (Å²) in [4.78, 5) is 0.195. The number of sulfonamides is 1. The molecule has 1 aliphatic carbocycles. The quantitative estimate of drug-likeness (QED) is 0.449. The van der Waals surface area contributed by atoms with E-state index < -0.39 is 10.0 Å². The summed E-state index contributed by atoms with van der Waals surface area (Å²) in [7, 11) is -3.78. The number of halogens is 1. The van der Waals surface area contributed by atoms with Gasteiger partial charge in [-0.2, -0.15) is 0 Å². The Labute approximate surface area is 193 Å². The van der Waals surface area contributed by atoms with E-state index in [2.05, 4.69) is 22.2 Å². The van der Waals surface area contributed by atoms with Gasteiger partial charge in [-0.3, -0.25) is 4.72 Å². The Hall–Kier alpha value is -3.32. The number of rotatable bonds is 6. The minimum Gasteiger partial charge on any atom is -0.494 e. The molecule has 3 aromatic carbocycles. The van der Waals surface area contributed by atoms with Crippen LogP contribution in [0.2, 0.25) is 0 Å². The lowest BCUT2D eigenvalue weighted by molar-refractivity contribution is 0.340. The highest BCUT2D eigenvalue weighted by Crippen LogP contribution is 2.50. The van der Waals surface area contributed by atoms with Crippen molar-refractivity contribution in [3.05, 3.63) is 95.8 Å². The van der Waals surface area contributed by atoms with Crippen molar-refractivity contribution in [3.63, 3.8) is 0 Å². The first-order chi connectivity index (χ1) is 16.0. The maximum absolute atomic E-state index is 14.5. The van der Waals surface area contributed by atoms with E-state index in [-0.39, 0.29) is 28.6 Å². The van der Waals surface area contributed by atoms with Crippen LogP contribution in [-0.4, -0.2) is 15.0 Å². The Balaban J connectivity index is 1.44. The summed E-state index contributed by atoms with van der Waals surface area (Å²) < 4.78 is 48.8. The second kappa shape index (κ2) is 8.56. The molecule has 1 heterocycles. The molecule has 0 radical (unpaired) electrons. The molecule has 0 aromatic heterocycles. The maximum Gasteiger partial charge on any atom is 0.261 e. The number of hydrogen-bond acceptors (Lipinski definition) is 4. The third-order valence-corrected chi connectivity index (χ3v) is 7.68. The molecule has 0 saturated carbocycles. The zero-order valence-electron chi connectivity index (χ0n) is 18.2. The summed E-state index contributed by atoms with van der Waals surface area (Å²) in [5, 5.41) is 3.46. The van der Waals surface area contributed by atoms with Crippen molar-refractivity contribution in [3.8, 4) is 5.75 Å². The molecule has 170 valence electrons. The van der Waals surface area contributed by atoms with Crippen molar-refractivity contribution in [2.24, 2.45) is 5.92 Å². The van der Waals surface area contributed by atoms with Gasteiger partial charge in [-0.05, 0) is 73.4 Å². The summed E-state index contributed by atoms with van der Waals surface area (Å²) >= 11 is 0. The molecule has 0 spiro atoms. The Bertz CT molecular complexity index is 1310. The van der Waals surface area contributed by atoms with Crippen molar-refractivity contribution >= 4 is 21.4 Å². The topological polar surface area (TPSA) is 67.4 Å². The first-order valence-corrected chi connectivity index (χ1v) is 12.5. The van der Waals surface area contributed by atoms with E-state index >= 15 is 0 Å². The van der Waals surface area contributed by atoms with Gasteiger partial charge in [-0.1, -0.05) is 30.4 Å². The van der Waals surface area contributed by atoms with Gasteiger partial charge in [0, 0.05) is 22.9 Å². The van der Waals surface area contributed by atoms with E-state index in [1.807, 2.05) is 19.1 Å². The number of fused-ring (bicyclic) bond motifs is 3. The minimum atomic E-state index is -3.78. The fourth-order valence-electron chi connectivity index (χ4n) is 4.77. The van der Waals surface area contributed by atoms with Gasteiger partial charge >= 0.3 is 0 Å². The number of benzene rings is 3. The summed E-state index contributed by atoms with van der Waals surface area (Å²) in [5.41, 5.74) is 2.84. The Morgan fingerprint density at radius 3 is 2.61 bits per heavy atom. The molecule has 0 amide bonds.